The Balaban J connectivity index is 2.02. The molecule has 2 rings (SSSR count). The van der Waals surface area contributed by atoms with Crippen molar-refractivity contribution in [3.63, 3.8) is 0 Å². The topological polar surface area (TPSA) is 0 Å². The smallest absolute Gasteiger partial charge is 0.00639 e. The van der Waals surface area contributed by atoms with Crippen LogP contribution in [-0.4, -0.2) is 0 Å². The lowest BCUT2D eigenvalue weighted by Gasteiger charge is -2.17. The van der Waals surface area contributed by atoms with Gasteiger partial charge in [0.15, 0.2) is 0 Å². The van der Waals surface area contributed by atoms with Crippen molar-refractivity contribution in [2.45, 2.75) is 46.5 Å². The minimum absolute atomic E-state index is 0.701. The van der Waals surface area contributed by atoms with Crippen molar-refractivity contribution in [1.82, 2.24) is 0 Å². The van der Waals surface area contributed by atoms with Gasteiger partial charge in [-0.05, 0) is 42.7 Å². The second-order valence-corrected chi connectivity index (χ2v) is 5.57. The van der Waals surface area contributed by atoms with Crippen LogP contribution in [0.4, 0.5) is 0 Å². The summed E-state index contributed by atoms with van der Waals surface area (Å²) in [6.45, 7) is 6.78. The van der Waals surface area contributed by atoms with Gasteiger partial charge in [0.25, 0.3) is 0 Å². The van der Waals surface area contributed by atoms with E-state index >= 15 is 0 Å². The molecule has 0 aliphatic heterocycles. The summed E-state index contributed by atoms with van der Waals surface area (Å²) in [5.41, 5.74) is 6.04. The molecule has 1 aromatic carbocycles. The molecule has 1 aliphatic carbocycles. The molecule has 0 nitrogen and oxygen atoms in total. The fraction of sp³-hybridized carbons (Fsp3) is 0.444. The Morgan fingerprint density at radius 2 is 1.61 bits per heavy atom. The Bertz CT molecular complexity index is 443. The molecule has 0 radical (unpaired) electrons. The van der Waals surface area contributed by atoms with Crippen LogP contribution >= 0.6 is 0 Å². The van der Waals surface area contributed by atoms with Gasteiger partial charge in [-0.1, -0.05) is 68.3 Å². The molecule has 0 N–H and O–H groups in total. The van der Waals surface area contributed by atoms with Gasteiger partial charge < -0.3 is 0 Å². The van der Waals surface area contributed by atoms with Crippen LogP contribution in [0.25, 0.3) is 0 Å². The molecular formula is C18H24. The van der Waals surface area contributed by atoms with Crippen molar-refractivity contribution in [2.75, 3.05) is 0 Å². The van der Waals surface area contributed by atoms with Gasteiger partial charge in [-0.25, -0.2) is 0 Å². The summed E-state index contributed by atoms with van der Waals surface area (Å²) in [5.74, 6) is 0.701. The molecule has 0 saturated heterocycles. The van der Waals surface area contributed by atoms with Gasteiger partial charge in [-0.2, -0.15) is 0 Å². The molecule has 1 aromatic rings. The molecule has 0 unspecified atom stereocenters. The lowest BCUT2D eigenvalue weighted by atomic mass is 9.89. The fourth-order valence-corrected chi connectivity index (χ4v) is 2.48. The minimum Gasteiger partial charge on any atom is -0.0673 e. The van der Waals surface area contributed by atoms with Crippen molar-refractivity contribution in [3.05, 3.63) is 58.7 Å². The quantitative estimate of drug-likeness (QED) is 0.687. The average molecular weight is 240 g/mol. The molecule has 18 heavy (non-hydrogen) atoms. The van der Waals surface area contributed by atoms with Crippen molar-refractivity contribution in [3.8, 4) is 0 Å². The van der Waals surface area contributed by atoms with Gasteiger partial charge in [0.1, 0.15) is 0 Å². The molecule has 0 amide bonds. The van der Waals surface area contributed by atoms with Crippen molar-refractivity contribution in [1.29, 1.82) is 0 Å². The Hall–Kier alpha value is -1.30. The van der Waals surface area contributed by atoms with Crippen LogP contribution < -0.4 is 0 Å². The Kier molecular flexibility index (Phi) is 4.41. The van der Waals surface area contributed by atoms with Gasteiger partial charge in [-0.15, -0.1) is 0 Å². The van der Waals surface area contributed by atoms with Gasteiger partial charge in [0.2, 0.25) is 0 Å². The van der Waals surface area contributed by atoms with Gasteiger partial charge in [-0.3, -0.25) is 0 Å². The second-order valence-electron chi connectivity index (χ2n) is 5.57. The molecule has 0 aromatic heterocycles. The zero-order chi connectivity index (χ0) is 13.0. The number of benzene rings is 1. The first-order valence-corrected chi connectivity index (χ1v) is 7.15. The zero-order valence-electron chi connectivity index (χ0n) is 11.9. The van der Waals surface area contributed by atoms with Crippen molar-refractivity contribution < 1.29 is 0 Å². The summed E-state index contributed by atoms with van der Waals surface area (Å²) in [4.78, 5) is 0. The highest BCUT2D eigenvalue weighted by atomic mass is 14.1. The lowest BCUT2D eigenvalue weighted by molar-refractivity contribution is 0.695. The van der Waals surface area contributed by atoms with Crippen LogP contribution in [0.15, 0.2) is 47.6 Å². The highest BCUT2D eigenvalue weighted by molar-refractivity contribution is 5.31. The first-order chi connectivity index (χ1) is 8.69. The van der Waals surface area contributed by atoms with Crippen LogP contribution in [0.5, 0.6) is 0 Å². The fourth-order valence-electron chi connectivity index (χ4n) is 2.48. The third-order valence-electron chi connectivity index (χ3n) is 3.87. The van der Waals surface area contributed by atoms with Crippen LogP contribution in [0.3, 0.4) is 0 Å². The van der Waals surface area contributed by atoms with Gasteiger partial charge >= 0.3 is 0 Å². The molecule has 0 spiro atoms. The van der Waals surface area contributed by atoms with Crippen LogP contribution in [-0.2, 0) is 12.8 Å². The molecule has 0 saturated carbocycles. The molecular weight excluding hydrogens is 216 g/mol. The first kappa shape index (κ1) is 13.1. The number of hydrogen-bond donors (Lipinski definition) is 0. The third-order valence-corrected chi connectivity index (χ3v) is 3.87. The highest BCUT2D eigenvalue weighted by Crippen LogP contribution is 2.26. The summed E-state index contributed by atoms with van der Waals surface area (Å²) >= 11 is 0. The first-order valence-electron chi connectivity index (χ1n) is 7.15. The van der Waals surface area contributed by atoms with Crippen LogP contribution in [0.2, 0.25) is 0 Å². The predicted octanol–water partition coefficient (Wildman–Crippen LogP) is 5.09. The third kappa shape index (κ3) is 3.35. The van der Waals surface area contributed by atoms with E-state index < -0.39 is 0 Å². The Morgan fingerprint density at radius 1 is 0.944 bits per heavy atom. The summed E-state index contributed by atoms with van der Waals surface area (Å²) in [6.07, 6.45) is 9.40. The van der Waals surface area contributed by atoms with Crippen LogP contribution in [0.1, 0.15) is 44.7 Å². The van der Waals surface area contributed by atoms with E-state index in [1.165, 1.54) is 24.0 Å². The number of allylic oxidation sites excluding steroid dienone is 4. The second kappa shape index (κ2) is 6.04. The van der Waals surface area contributed by atoms with E-state index in [1.807, 2.05) is 0 Å². The molecule has 96 valence electrons. The lowest BCUT2D eigenvalue weighted by Crippen LogP contribution is -2.01. The summed E-state index contributed by atoms with van der Waals surface area (Å²) in [6, 6.07) is 9.07. The van der Waals surface area contributed by atoms with Crippen molar-refractivity contribution in [2.24, 2.45) is 5.92 Å². The standard InChI is InChI=1S/C18H24/c1-4-15-5-7-16(8-6-15)13-17-9-11-18(12-10-17)14(2)3/h5-9,11,14H,4,10,12-13H2,1-3H3. The maximum absolute atomic E-state index is 2.34. The van der Waals surface area contributed by atoms with E-state index in [-0.39, 0.29) is 0 Å². The Labute approximate surface area is 111 Å². The number of aryl methyl sites for hydroxylation is 1. The molecule has 0 fully saturated rings. The summed E-state index contributed by atoms with van der Waals surface area (Å²) in [7, 11) is 0. The molecule has 0 heterocycles. The molecule has 0 atom stereocenters. The SMILES string of the molecule is CCc1ccc(CC2=CC=C(C(C)C)CC2)cc1. The minimum atomic E-state index is 0.701. The highest BCUT2D eigenvalue weighted by Gasteiger charge is 2.09. The summed E-state index contributed by atoms with van der Waals surface area (Å²) < 4.78 is 0. The van der Waals surface area contributed by atoms with E-state index in [2.05, 4.69) is 57.2 Å². The Morgan fingerprint density at radius 3 is 2.11 bits per heavy atom. The van der Waals surface area contributed by atoms with Crippen molar-refractivity contribution >= 4 is 0 Å². The van der Waals surface area contributed by atoms with Gasteiger partial charge in [0.05, 0.1) is 0 Å². The number of rotatable bonds is 4. The van der Waals surface area contributed by atoms with Gasteiger partial charge in [0, 0.05) is 0 Å². The predicted molar refractivity (Wildman–Crippen MR) is 79.8 cm³/mol. The van der Waals surface area contributed by atoms with Crippen LogP contribution in [0, 0.1) is 5.92 Å². The summed E-state index contributed by atoms with van der Waals surface area (Å²) in [5, 5.41) is 0. The van der Waals surface area contributed by atoms with E-state index in [9.17, 15) is 0 Å². The molecule has 0 bridgehead atoms. The largest absolute Gasteiger partial charge is 0.0673 e. The average Bonchev–Trinajstić information content (AvgIpc) is 2.40. The maximum atomic E-state index is 2.34. The van der Waals surface area contributed by atoms with E-state index in [0.717, 1.165) is 12.8 Å². The van der Waals surface area contributed by atoms with E-state index in [4.69, 9.17) is 0 Å². The normalized spacial score (nSPS) is 15.6. The zero-order valence-corrected chi connectivity index (χ0v) is 11.9. The maximum Gasteiger partial charge on any atom is -0.00639 e. The van der Waals surface area contributed by atoms with E-state index in [1.54, 1.807) is 11.1 Å². The number of hydrogen-bond acceptors (Lipinski definition) is 0. The molecule has 0 heteroatoms. The monoisotopic (exact) mass is 240 g/mol. The van der Waals surface area contributed by atoms with E-state index in [0.29, 0.717) is 5.92 Å². The molecule has 1 aliphatic rings.